The monoisotopic (exact) mass is 258 g/mol. The van der Waals surface area contributed by atoms with E-state index in [0.717, 1.165) is 0 Å². The Morgan fingerprint density at radius 3 is 2.63 bits per heavy atom. The summed E-state index contributed by atoms with van der Waals surface area (Å²) in [5, 5.41) is 9.11. The van der Waals surface area contributed by atoms with Crippen LogP contribution in [0.2, 0.25) is 0 Å². The van der Waals surface area contributed by atoms with E-state index in [1.54, 1.807) is 42.2 Å². The zero-order chi connectivity index (χ0) is 13.7. The fourth-order valence-electron chi connectivity index (χ4n) is 1.54. The van der Waals surface area contributed by atoms with Gasteiger partial charge in [-0.2, -0.15) is 5.10 Å². The average Bonchev–Trinajstić information content (AvgIpc) is 2.82. The number of nitrogens with one attached hydrogen (secondary N) is 2. The van der Waals surface area contributed by atoms with Crippen molar-refractivity contribution in [1.29, 1.82) is 0 Å². The van der Waals surface area contributed by atoms with Crippen LogP contribution in [0.15, 0.2) is 42.7 Å². The second-order valence-electron chi connectivity index (χ2n) is 4.00. The third-order valence-electron chi connectivity index (χ3n) is 2.43. The first kappa shape index (κ1) is 12.8. The van der Waals surface area contributed by atoms with E-state index >= 15 is 0 Å². The highest BCUT2D eigenvalue weighted by Crippen LogP contribution is 2.02. The maximum atomic E-state index is 11.7. The van der Waals surface area contributed by atoms with E-state index in [-0.39, 0.29) is 18.4 Å². The molecule has 0 saturated heterocycles. The molecule has 0 saturated carbocycles. The number of carbonyl (C=O) groups excluding carboxylic acids is 2. The maximum Gasteiger partial charge on any atom is 0.251 e. The summed E-state index contributed by atoms with van der Waals surface area (Å²) in [5.41, 5.74) is 1.12. The topological polar surface area (TPSA) is 76.0 Å². The van der Waals surface area contributed by atoms with Crippen molar-refractivity contribution in [2.24, 2.45) is 7.05 Å². The summed E-state index contributed by atoms with van der Waals surface area (Å²) in [6.07, 6.45) is 3.22. The molecular formula is C13H14N4O2. The van der Waals surface area contributed by atoms with Crippen molar-refractivity contribution < 1.29 is 9.59 Å². The van der Waals surface area contributed by atoms with Crippen LogP contribution in [0.25, 0.3) is 0 Å². The summed E-state index contributed by atoms with van der Waals surface area (Å²) in [4.78, 5) is 23.3. The van der Waals surface area contributed by atoms with Crippen LogP contribution in [0.1, 0.15) is 10.4 Å². The SMILES string of the molecule is Cn1cc(NC(=O)CNC(=O)c2ccccc2)cn1. The first-order valence-electron chi connectivity index (χ1n) is 5.77. The van der Waals surface area contributed by atoms with E-state index < -0.39 is 0 Å². The lowest BCUT2D eigenvalue weighted by molar-refractivity contribution is -0.115. The Balaban J connectivity index is 1.82. The largest absolute Gasteiger partial charge is 0.343 e. The van der Waals surface area contributed by atoms with Crippen molar-refractivity contribution in [3.63, 3.8) is 0 Å². The predicted molar refractivity (Wildman–Crippen MR) is 70.6 cm³/mol. The number of hydrogen-bond donors (Lipinski definition) is 2. The third kappa shape index (κ3) is 3.67. The Kier molecular flexibility index (Phi) is 3.92. The number of hydrogen-bond acceptors (Lipinski definition) is 3. The second kappa shape index (κ2) is 5.81. The molecule has 0 spiro atoms. The van der Waals surface area contributed by atoms with Gasteiger partial charge in [-0.15, -0.1) is 0 Å². The summed E-state index contributed by atoms with van der Waals surface area (Å²) in [6, 6.07) is 8.74. The van der Waals surface area contributed by atoms with Gasteiger partial charge in [0, 0.05) is 18.8 Å². The fraction of sp³-hybridized carbons (Fsp3) is 0.154. The lowest BCUT2D eigenvalue weighted by Crippen LogP contribution is -2.32. The molecule has 0 aliphatic rings. The Bertz CT molecular complexity index is 577. The van der Waals surface area contributed by atoms with Crippen LogP contribution >= 0.6 is 0 Å². The highest BCUT2D eigenvalue weighted by Gasteiger charge is 2.08. The molecule has 0 atom stereocenters. The van der Waals surface area contributed by atoms with Gasteiger partial charge in [-0.25, -0.2) is 0 Å². The van der Waals surface area contributed by atoms with Crippen LogP contribution < -0.4 is 10.6 Å². The standard InChI is InChI=1S/C13H14N4O2/c1-17-9-11(7-15-17)16-12(18)8-14-13(19)10-5-3-2-4-6-10/h2-7,9H,8H2,1H3,(H,14,19)(H,16,18). The number of aryl methyl sites for hydroxylation is 1. The summed E-state index contributed by atoms with van der Waals surface area (Å²) in [7, 11) is 1.76. The van der Waals surface area contributed by atoms with Crippen LogP contribution in [-0.4, -0.2) is 28.1 Å². The van der Waals surface area contributed by atoms with E-state index in [0.29, 0.717) is 11.3 Å². The van der Waals surface area contributed by atoms with Gasteiger partial charge in [-0.3, -0.25) is 14.3 Å². The number of nitrogens with zero attached hydrogens (tertiary/aromatic N) is 2. The molecule has 2 amide bonds. The molecule has 1 aromatic heterocycles. The maximum absolute atomic E-state index is 11.7. The van der Waals surface area contributed by atoms with Gasteiger partial charge in [-0.1, -0.05) is 18.2 Å². The van der Waals surface area contributed by atoms with Gasteiger partial charge >= 0.3 is 0 Å². The highest BCUT2D eigenvalue weighted by atomic mass is 16.2. The first-order valence-corrected chi connectivity index (χ1v) is 5.77. The average molecular weight is 258 g/mol. The molecule has 0 bridgehead atoms. The number of aromatic nitrogens is 2. The minimum Gasteiger partial charge on any atom is -0.343 e. The normalized spacial score (nSPS) is 9.95. The van der Waals surface area contributed by atoms with Gasteiger partial charge in [0.25, 0.3) is 5.91 Å². The highest BCUT2D eigenvalue weighted by molar-refractivity contribution is 5.99. The van der Waals surface area contributed by atoms with Crippen LogP contribution in [0, 0.1) is 0 Å². The van der Waals surface area contributed by atoms with E-state index in [9.17, 15) is 9.59 Å². The molecule has 98 valence electrons. The molecule has 0 aliphatic heterocycles. The molecule has 2 rings (SSSR count). The van der Waals surface area contributed by atoms with Gasteiger partial charge < -0.3 is 10.6 Å². The third-order valence-corrected chi connectivity index (χ3v) is 2.43. The number of benzene rings is 1. The zero-order valence-electron chi connectivity index (χ0n) is 10.5. The minimum absolute atomic E-state index is 0.0807. The van der Waals surface area contributed by atoms with Gasteiger partial charge in [-0.05, 0) is 12.1 Å². The van der Waals surface area contributed by atoms with E-state index in [1.165, 1.54) is 6.20 Å². The molecule has 6 heteroatoms. The Morgan fingerprint density at radius 2 is 2.00 bits per heavy atom. The molecule has 0 unspecified atom stereocenters. The van der Waals surface area contributed by atoms with E-state index in [1.807, 2.05) is 6.07 Å². The Morgan fingerprint density at radius 1 is 1.26 bits per heavy atom. The quantitative estimate of drug-likeness (QED) is 0.851. The molecule has 1 heterocycles. The number of anilines is 1. The summed E-state index contributed by atoms with van der Waals surface area (Å²) >= 11 is 0. The lowest BCUT2D eigenvalue weighted by Gasteiger charge is -2.05. The van der Waals surface area contributed by atoms with Crippen molar-refractivity contribution >= 4 is 17.5 Å². The van der Waals surface area contributed by atoms with Gasteiger partial charge in [0.05, 0.1) is 18.4 Å². The predicted octanol–water partition coefficient (Wildman–Crippen LogP) is 0.789. The van der Waals surface area contributed by atoms with Crippen LogP contribution in [0.4, 0.5) is 5.69 Å². The van der Waals surface area contributed by atoms with Crippen LogP contribution in [0.5, 0.6) is 0 Å². The van der Waals surface area contributed by atoms with Crippen LogP contribution in [-0.2, 0) is 11.8 Å². The first-order chi connectivity index (χ1) is 9.15. The number of amides is 2. The van der Waals surface area contributed by atoms with Crippen molar-refractivity contribution in [1.82, 2.24) is 15.1 Å². The smallest absolute Gasteiger partial charge is 0.251 e. The molecule has 19 heavy (non-hydrogen) atoms. The lowest BCUT2D eigenvalue weighted by atomic mass is 10.2. The second-order valence-corrected chi connectivity index (χ2v) is 4.00. The zero-order valence-corrected chi connectivity index (χ0v) is 10.5. The summed E-state index contributed by atoms with van der Waals surface area (Å²) in [6.45, 7) is -0.0807. The van der Waals surface area contributed by atoms with Crippen molar-refractivity contribution in [2.75, 3.05) is 11.9 Å². The molecule has 6 nitrogen and oxygen atoms in total. The summed E-state index contributed by atoms with van der Waals surface area (Å²) < 4.78 is 1.58. The molecule has 0 aliphatic carbocycles. The molecule has 1 aromatic carbocycles. The van der Waals surface area contributed by atoms with E-state index in [2.05, 4.69) is 15.7 Å². The molecule has 2 N–H and O–H groups in total. The summed E-state index contributed by atoms with van der Waals surface area (Å²) in [5.74, 6) is -0.570. The Hall–Kier alpha value is -2.63. The molecule has 0 radical (unpaired) electrons. The Labute approximate surface area is 110 Å². The molecular weight excluding hydrogens is 244 g/mol. The number of carbonyl (C=O) groups is 2. The van der Waals surface area contributed by atoms with Gasteiger partial charge in [0.1, 0.15) is 0 Å². The van der Waals surface area contributed by atoms with Crippen molar-refractivity contribution in [3.05, 3.63) is 48.3 Å². The van der Waals surface area contributed by atoms with Crippen LogP contribution in [0.3, 0.4) is 0 Å². The van der Waals surface area contributed by atoms with E-state index in [4.69, 9.17) is 0 Å². The van der Waals surface area contributed by atoms with Gasteiger partial charge in [0.15, 0.2) is 0 Å². The molecule has 2 aromatic rings. The number of rotatable bonds is 4. The fourth-order valence-corrected chi connectivity index (χ4v) is 1.54. The minimum atomic E-state index is -0.294. The van der Waals surface area contributed by atoms with Gasteiger partial charge in [0.2, 0.25) is 5.91 Å². The van der Waals surface area contributed by atoms with Crippen molar-refractivity contribution in [3.8, 4) is 0 Å². The molecule has 0 fully saturated rings. The van der Waals surface area contributed by atoms with Crippen molar-refractivity contribution in [2.45, 2.75) is 0 Å².